The SMILES string of the molecule is CCCC[C@H](NC(=O)OCC1(CSc2nccs2)CCC1)C(O)C(=O)N[C@H](C)c1ccccc1. The van der Waals surface area contributed by atoms with E-state index in [0.29, 0.717) is 13.0 Å². The monoisotopic (exact) mass is 505 g/mol. The van der Waals surface area contributed by atoms with E-state index < -0.39 is 24.1 Å². The van der Waals surface area contributed by atoms with E-state index in [1.165, 1.54) is 0 Å². The number of aliphatic hydroxyl groups is 1. The van der Waals surface area contributed by atoms with Gasteiger partial charge < -0.3 is 20.5 Å². The Hall–Kier alpha value is -2.10. The second-order valence-corrected chi connectivity index (χ2v) is 11.1. The summed E-state index contributed by atoms with van der Waals surface area (Å²) in [5.41, 5.74) is 0.912. The minimum absolute atomic E-state index is 0.0340. The van der Waals surface area contributed by atoms with E-state index in [2.05, 4.69) is 15.6 Å². The zero-order valence-electron chi connectivity index (χ0n) is 19.9. The van der Waals surface area contributed by atoms with Crippen molar-refractivity contribution < 1.29 is 19.4 Å². The zero-order chi connectivity index (χ0) is 24.4. The number of ether oxygens (including phenoxy) is 1. The standard InChI is InChI=1S/C25H35N3O4S2/c1-3-4-11-20(21(29)22(30)27-18(2)19-9-6-5-7-10-19)28-23(31)32-16-25(12-8-13-25)17-34-24-26-14-15-33-24/h5-7,9-10,14-15,18,20-21,29H,3-4,8,11-13,16-17H2,1-2H3,(H,27,30)(H,28,31)/t18-,20+,21?/m1/s1. The number of rotatable bonds is 13. The van der Waals surface area contributed by atoms with Gasteiger partial charge in [0.05, 0.1) is 18.7 Å². The van der Waals surface area contributed by atoms with Gasteiger partial charge in [-0.3, -0.25) is 4.79 Å². The number of thiazole rings is 1. The van der Waals surface area contributed by atoms with Crippen molar-refractivity contribution in [3.05, 3.63) is 47.5 Å². The third-order valence-corrected chi connectivity index (χ3v) is 8.63. The van der Waals surface area contributed by atoms with Gasteiger partial charge in [0.15, 0.2) is 6.10 Å². The van der Waals surface area contributed by atoms with Gasteiger partial charge in [-0.15, -0.1) is 11.3 Å². The smallest absolute Gasteiger partial charge is 0.407 e. The van der Waals surface area contributed by atoms with Crippen LogP contribution < -0.4 is 10.6 Å². The minimum atomic E-state index is -1.36. The molecule has 2 amide bonds. The van der Waals surface area contributed by atoms with Gasteiger partial charge in [-0.1, -0.05) is 68.3 Å². The molecule has 1 unspecified atom stereocenters. The number of nitrogens with zero attached hydrogens (tertiary/aromatic N) is 1. The summed E-state index contributed by atoms with van der Waals surface area (Å²) >= 11 is 3.32. The third-order valence-electron chi connectivity index (χ3n) is 6.32. The molecule has 1 aromatic heterocycles. The Morgan fingerprint density at radius 3 is 2.65 bits per heavy atom. The van der Waals surface area contributed by atoms with Crippen LogP contribution in [0.1, 0.15) is 64.0 Å². The summed E-state index contributed by atoms with van der Waals surface area (Å²) in [7, 11) is 0. The first-order chi connectivity index (χ1) is 16.4. The number of benzene rings is 1. The van der Waals surface area contributed by atoms with E-state index in [0.717, 1.165) is 47.8 Å². The Bertz CT molecular complexity index is 891. The quantitative estimate of drug-likeness (QED) is 0.334. The summed E-state index contributed by atoms with van der Waals surface area (Å²) in [5.74, 6) is 0.350. The zero-order valence-corrected chi connectivity index (χ0v) is 21.5. The number of carbonyl (C=O) groups is 2. The first-order valence-electron chi connectivity index (χ1n) is 11.9. The van der Waals surface area contributed by atoms with Crippen LogP contribution in [-0.2, 0) is 9.53 Å². The molecule has 0 spiro atoms. The van der Waals surface area contributed by atoms with Crippen molar-refractivity contribution >= 4 is 35.1 Å². The van der Waals surface area contributed by atoms with E-state index >= 15 is 0 Å². The van der Waals surface area contributed by atoms with Crippen molar-refractivity contribution in [2.45, 2.75) is 74.9 Å². The van der Waals surface area contributed by atoms with Gasteiger partial charge in [0, 0.05) is 22.7 Å². The summed E-state index contributed by atoms with van der Waals surface area (Å²) in [6.45, 7) is 4.22. The fraction of sp³-hybridized carbons (Fsp3) is 0.560. The molecule has 0 bridgehead atoms. The molecule has 34 heavy (non-hydrogen) atoms. The molecule has 2 aromatic rings. The maximum Gasteiger partial charge on any atom is 0.407 e. The number of unbranched alkanes of at least 4 members (excludes halogenated alkanes) is 1. The van der Waals surface area contributed by atoms with Gasteiger partial charge in [-0.25, -0.2) is 9.78 Å². The Kier molecular flexibility index (Phi) is 10.2. The first kappa shape index (κ1) is 26.5. The van der Waals surface area contributed by atoms with Crippen LogP contribution in [0.5, 0.6) is 0 Å². The number of aromatic nitrogens is 1. The Morgan fingerprint density at radius 1 is 1.26 bits per heavy atom. The molecule has 1 fully saturated rings. The molecule has 3 N–H and O–H groups in total. The fourth-order valence-corrected chi connectivity index (χ4v) is 5.87. The van der Waals surface area contributed by atoms with Crippen LogP contribution in [0.3, 0.4) is 0 Å². The number of carbonyl (C=O) groups excluding carboxylic acids is 2. The highest BCUT2D eigenvalue weighted by molar-refractivity contribution is 8.01. The average molecular weight is 506 g/mol. The molecule has 7 nitrogen and oxygen atoms in total. The molecule has 0 saturated heterocycles. The van der Waals surface area contributed by atoms with E-state index in [1.807, 2.05) is 49.6 Å². The Balaban J connectivity index is 1.51. The molecule has 3 rings (SSSR count). The summed E-state index contributed by atoms with van der Waals surface area (Å²) < 4.78 is 6.61. The highest BCUT2D eigenvalue weighted by Gasteiger charge is 2.39. The van der Waals surface area contributed by atoms with Crippen molar-refractivity contribution in [3.63, 3.8) is 0 Å². The molecule has 186 valence electrons. The first-order valence-corrected chi connectivity index (χ1v) is 13.8. The molecular formula is C25H35N3O4S2. The molecule has 0 radical (unpaired) electrons. The molecule has 1 aromatic carbocycles. The average Bonchev–Trinajstić information content (AvgIpc) is 3.34. The second-order valence-electron chi connectivity index (χ2n) is 9.00. The summed E-state index contributed by atoms with van der Waals surface area (Å²) in [6.07, 6.45) is 5.16. The molecule has 0 aliphatic heterocycles. The number of alkyl carbamates (subject to hydrolysis) is 1. The van der Waals surface area contributed by atoms with Gasteiger partial charge in [-0.2, -0.15) is 0 Å². The molecular weight excluding hydrogens is 470 g/mol. The molecule has 1 heterocycles. The number of amides is 2. The maximum atomic E-state index is 12.7. The van der Waals surface area contributed by atoms with Crippen LogP contribution in [0.2, 0.25) is 0 Å². The number of nitrogens with one attached hydrogen (secondary N) is 2. The molecule has 1 aliphatic rings. The van der Waals surface area contributed by atoms with Crippen LogP contribution in [0.25, 0.3) is 0 Å². The molecule has 1 aliphatic carbocycles. The van der Waals surface area contributed by atoms with Crippen molar-refractivity contribution in [3.8, 4) is 0 Å². The van der Waals surface area contributed by atoms with Crippen LogP contribution >= 0.6 is 23.1 Å². The minimum Gasteiger partial charge on any atom is -0.449 e. The fourth-order valence-electron chi connectivity index (χ4n) is 3.95. The Labute approximate surface area is 210 Å². The topological polar surface area (TPSA) is 101 Å². The normalized spacial score (nSPS) is 17.1. The van der Waals surface area contributed by atoms with Gasteiger partial charge in [0.25, 0.3) is 5.91 Å². The second kappa shape index (κ2) is 13.1. The molecule has 3 atom stereocenters. The molecule has 9 heteroatoms. The lowest BCUT2D eigenvalue weighted by Gasteiger charge is -2.40. The lowest BCUT2D eigenvalue weighted by Crippen LogP contribution is -2.51. The van der Waals surface area contributed by atoms with Crippen molar-refractivity contribution in [2.75, 3.05) is 12.4 Å². The van der Waals surface area contributed by atoms with Crippen molar-refractivity contribution in [1.82, 2.24) is 15.6 Å². The van der Waals surface area contributed by atoms with Crippen LogP contribution in [0, 0.1) is 5.41 Å². The van der Waals surface area contributed by atoms with Crippen molar-refractivity contribution in [1.29, 1.82) is 0 Å². The predicted molar refractivity (Wildman–Crippen MR) is 136 cm³/mol. The van der Waals surface area contributed by atoms with E-state index in [9.17, 15) is 14.7 Å². The highest BCUT2D eigenvalue weighted by atomic mass is 32.2. The lowest BCUT2D eigenvalue weighted by molar-refractivity contribution is -0.131. The van der Waals surface area contributed by atoms with Crippen LogP contribution in [0.15, 0.2) is 46.2 Å². The van der Waals surface area contributed by atoms with Crippen LogP contribution in [0.4, 0.5) is 4.79 Å². The number of aliphatic hydroxyl groups excluding tert-OH is 1. The highest BCUT2D eigenvalue weighted by Crippen LogP contribution is 2.45. The number of hydrogen-bond acceptors (Lipinski definition) is 7. The maximum absolute atomic E-state index is 12.7. The Morgan fingerprint density at radius 2 is 2.03 bits per heavy atom. The van der Waals surface area contributed by atoms with Gasteiger partial charge in [-0.05, 0) is 31.7 Å². The van der Waals surface area contributed by atoms with E-state index in [1.54, 1.807) is 29.3 Å². The van der Waals surface area contributed by atoms with Gasteiger partial charge in [0.2, 0.25) is 0 Å². The summed E-state index contributed by atoms with van der Waals surface area (Å²) in [5, 5.41) is 18.3. The number of thioether (sulfide) groups is 1. The number of hydrogen-bond donors (Lipinski definition) is 3. The van der Waals surface area contributed by atoms with Crippen molar-refractivity contribution in [2.24, 2.45) is 5.41 Å². The van der Waals surface area contributed by atoms with E-state index in [-0.39, 0.29) is 11.5 Å². The van der Waals surface area contributed by atoms with Gasteiger partial charge >= 0.3 is 6.09 Å². The predicted octanol–water partition coefficient (Wildman–Crippen LogP) is 4.93. The summed E-state index contributed by atoms with van der Waals surface area (Å²) in [4.78, 5) is 29.6. The largest absolute Gasteiger partial charge is 0.449 e. The van der Waals surface area contributed by atoms with Gasteiger partial charge in [0.1, 0.15) is 4.34 Å². The summed E-state index contributed by atoms with van der Waals surface area (Å²) in [6, 6.07) is 8.60. The lowest BCUT2D eigenvalue weighted by atomic mass is 9.71. The van der Waals surface area contributed by atoms with Crippen LogP contribution in [-0.4, -0.2) is 46.6 Å². The van der Waals surface area contributed by atoms with E-state index in [4.69, 9.17) is 4.74 Å². The third kappa shape index (κ3) is 7.71. The molecule has 1 saturated carbocycles.